The minimum absolute atomic E-state index is 0.113. The molecule has 0 aromatic carbocycles. The van der Waals surface area contributed by atoms with Crippen molar-refractivity contribution in [2.45, 2.75) is 6.42 Å². The van der Waals surface area contributed by atoms with Gasteiger partial charge in [-0.15, -0.1) is 0 Å². The van der Waals surface area contributed by atoms with Crippen molar-refractivity contribution in [2.24, 2.45) is 11.8 Å². The van der Waals surface area contributed by atoms with Crippen molar-refractivity contribution in [1.29, 1.82) is 0 Å². The van der Waals surface area contributed by atoms with Crippen LogP contribution in [0.1, 0.15) is 6.42 Å². The smallest absolute Gasteiger partial charge is 0.227 e. The zero-order valence-electron chi connectivity index (χ0n) is 16.3. The molecule has 1 aromatic rings. The number of piperazine rings is 1. The Labute approximate surface area is 165 Å². The summed E-state index contributed by atoms with van der Waals surface area (Å²) < 4.78 is 5.34. The second-order valence-corrected chi connectivity index (χ2v) is 7.75. The highest BCUT2D eigenvalue weighted by atomic mass is 16.5. The standard InChI is InChI=1S/C20H29N5O3/c26-19(24-6-4-23(5-7-24)18-2-1-3-21-15-18)16-12-17(14-22-13-16)20(27)25-8-10-28-11-9-25/h1-3,15-17,22H,4-14H2/t16-,17-/m0/s1. The van der Waals surface area contributed by atoms with Gasteiger partial charge in [0.25, 0.3) is 0 Å². The van der Waals surface area contributed by atoms with E-state index in [0.29, 0.717) is 58.9 Å². The number of piperidine rings is 1. The van der Waals surface area contributed by atoms with Crippen molar-refractivity contribution in [3.05, 3.63) is 24.5 Å². The number of ether oxygens (including phenoxy) is 1. The number of anilines is 1. The largest absolute Gasteiger partial charge is 0.378 e. The summed E-state index contributed by atoms with van der Waals surface area (Å²) in [5.41, 5.74) is 1.10. The van der Waals surface area contributed by atoms with E-state index in [0.717, 1.165) is 18.8 Å². The van der Waals surface area contributed by atoms with Crippen molar-refractivity contribution in [1.82, 2.24) is 20.1 Å². The van der Waals surface area contributed by atoms with Gasteiger partial charge in [0.15, 0.2) is 0 Å². The Kier molecular flexibility index (Phi) is 6.07. The first-order valence-electron chi connectivity index (χ1n) is 10.2. The molecule has 2 atom stereocenters. The number of hydrogen-bond donors (Lipinski definition) is 1. The fraction of sp³-hybridized carbons (Fsp3) is 0.650. The maximum absolute atomic E-state index is 13.1. The highest BCUT2D eigenvalue weighted by Crippen LogP contribution is 2.23. The lowest BCUT2D eigenvalue weighted by Gasteiger charge is -2.39. The summed E-state index contributed by atoms with van der Waals surface area (Å²) in [5, 5.41) is 3.31. The van der Waals surface area contributed by atoms with E-state index in [1.807, 2.05) is 22.1 Å². The summed E-state index contributed by atoms with van der Waals surface area (Å²) in [4.78, 5) is 36.1. The lowest BCUT2D eigenvalue weighted by molar-refractivity contribution is -0.143. The van der Waals surface area contributed by atoms with Gasteiger partial charge in [-0.05, 0) is 18.6 Å². The van der Waals surface area contributed by atoms with E-state index in [1.54, 1.807) is 6.20 Å². The molecule has 0 radical (unpaired) electrons. The number of hydrogen-bond acceptors (Lipinski definition) is 6. The zero-order chi connectivity index (χ0) is 19.3. The van der Waals surface area contributed by atoms with Gasteiger partial charge in [-0.2, -0.15) is 0 Å². The van der Waals surface area contributed by atoms with E-state index in [1.165, 1.54) is 0 Å². The van der Waals surface area contributed by atoms with Gasteiger partial charge in [-0.1, -0.05) is 0 Å². The van der Waals surface area contributed by atoms with Crippen LogP contribution in [0.5, 0.6) is 0 Å². The quantitative estimate of drug-likeness (QED) is 0.775. The molecule has 1 N–H and O–H groups in total. The lowest BCUT2D eigenvalue weighted by Crippen LogP contribution is -2.54. The molecule has 3 fully saturated rings. The number of amides is 2. The molecule has 8 heteroatoms. The second kappa shape index (κ2) is 8.87. The Morgan fingerprint density at radius 2 is 1.61 bits per heavy atom. The summed E-state index contributed by atoms with van der Waals surface area (Å²) in [7, 11) is 0. The Balaban J connectivity index is 1.30. The molecule has 0 saturated carbocycles. The molecule has 1 aromatic heterocycles. The molecule has 152 valence electrons. The number of nitrogens with zero attached hydrogens (tertiary/aromatic N) is 4. The molecule has 8 nitrogen and oxygen atoms in total. The van der Waals surface area contributed by atoms with Crippen LogP contribution in [0.4, 0.5) is 5.69 Å². The Morgan fingerprint density at radius 1 is 0.964 bits per heavy atom. The number of carbonyl (C=O) groups is 2. The monoisotopic (exact) mass is 387 g/mol. The third-order valence-electron chi connectivity index (χ3n) is 5.97. The fourth-order valence-corrected chi connectivity index (χ4v) is 4.34. The third-order valence-corrected chi connectivity index (χ3v) is 5.97. The minimum Gasteiger partial charge on any atom is -0.378 e. The van der Waals surface area contributed by atoms with Gasteiger partial charge in [-0.25, -0.2) is 0 Å². The topological polar surface area (TPSA) is 78.0 Å². The number of rotatable bonds is 3. The van der Waals surface area contributed by atoms with Crippen molar-refractivity contribution in [3.8, 4) is 0 Å². The molecular weight excluding hydrogens is 358 g/mol. The van der Waals surface area contributed by atoms with Crippen LogP contribution < -0.4 is 10.2 Å². The summed E-state index contributed by atoms with van der Waals surface area (Å²) in [6.07, 6.45) is 4.28. The molecule has 4 heterocycles. The van der Waals surface area contributed by atoms with E-state index in [9.17, 15) is 9.59 Å². The van der Waals surface area contributed by atoms with Crippen LogP contribution in [-0.2, 0) is 14.3 Å². The van der Waals surface area contributed by atoms with Gasteiger partial charge < -0.3 is 24.8 Å². The fourth-order valence-electron chi connectivity index (χ4n) is 4.34. The summed E-state index contributed by atoms with van der Waals surface area (Å²) >= 11 is 0. The Bertz CT molecular complexity index is 672. The van der Waals surface area contributed by atoms with Crippen LogP contribution in [0.2, 0.25) is 0 Å². The highest BCUT2D eigenvalue weighted by molar-refractivity contribution is 5.83. The molecule has 28 heavy (non-hydrogen) atoms. The second-order valence-electron chi connectivity index (χ2n) is 7.75. The molecule has 4 rings (SSSR count). The van der Waals surface area contributed by atoms with Crippen molar-refractivity contribution in [3.63, 3.8) is 0 Å². The molecule has 0 unspecified atom stereocenters. The lowest BCUT2D eigenvalue weighted by atomic mass is 9.88. The maximum atomic E-state index is 13.1. The third kappa shape index (κ3) is 4.28. The van der Waals surface area contributed by atoms with Gasteiger partial charge in [0.1, 0.15) is 0 Å². The number of pyridine rings is 1. The molecule has 2 amide bonds. The van der Waals surface area contributed by atoms with E-state index in [-0.39, 0.29) is 23.7 Å². The van der Waals surface area contributed by atoms with Crippen molar-refractivity contribution < 1.29 is 14.3 Å². The van der Waals surface area contributed by atoms with E-state index in [4.69, 9.17) is 4.74 Å². The molecule has 3 aliphatic heterocycles. The number of morpholine rings is 1. The number of nitrogens with one attached hydrogen (secondary N) is 1. The normalized spacial score (nSPS) is 26.2. The van der Waals surface area contributed by atoms with E-state index < -0.39 is 0 Å². The Morgan fingerprint density at radius 3 is 2.21 bits per heavy atom. The summed E-state index contributed by atoms with van der Waals surface area (Å²) in [6.45, 7) is 6.91. The molecule has 0 spiro atoms. The molecular formula is C20H29N5O3. The molecule has 3 aliphatic rings. The van der Waals surface area contributed by atoms with E-state index in [2.05, 4.69) is 21.3 Å². The van der Waals surface area contributed by atoms with E-state index >= 15 is 0 Å². The predicted octanol–water partition coefficient (Wildman–Crippen LogP) is -0.185. The molecule has 3 saturated heterocycles. The van der Waals surface area contributed by atoms with Crippen LogP contribution >= 0.6 is 0 Å². The van der Waals surface area contributed by atoms with Gasteiger partial charge in [0.2, 0.25) is 11.8 Å². The zero-order valence-corrected chi connectivity index (χ0v) is 16.3. The Hall–Kier alpha value is -2.19. The van der Waals surface area contributed by atoms with Crippen LogP contribution in [0, 0.1) is 11.8 Å². The SMILES string of the molecule is O=C([C@@H]1CNC[C@@H](C(=O)N2CCN(c3cccnc3)CC2)C1)N1CCOCC1. The first-order chi connectivity index (χ1) is 13.7. The van der Waals surface area contributed by atoms with Crippen molar-refractivity contribution in [2.75, 3.05) is 70.5 Å². The molecule has 0 aliphatic carbocycles. The predicted molar refractivity (Wildman–Crippen MR) is 105 cm³/mol. The van der Waals surface area contributed by atoms with Crippen LogP contribution in [0.25, 0.3) is 0 Å². The van der Waals surface area contributed by atoms with Gasteiger partial charge in [0, 0.05) is 58.6 Å². The first kappa shape index (κ1) is 19.1. The van der Waals surface area contributed by atoms with Crippen LogP contribution in [-0.4, -0.2) is 92.2 Å². The molecule has 0 bridgehead atoms. The van der Waals surface area contributed by atoms with Crippen LogP contribution in [0.3, 0.4) is 0 Å². The average molecular weight is 387 g/mol. The summed E-state index contributed by atoms with van der Waals surface area (Å²) in [5.74, 6) is 0.110. The minimum atomic E-state index is -0.117. The maximum Gasteiger partial charge on any atom is 0.227 e. The van der Waals surface area contributed by atoms with Gasteiger partial charge in [-0.3, -0.25) is 14.6 Å². The average Bonchev–Trinajstić information content (AvgIpc) is 2.79. The van der Waals surface area contributed by atoms with Gasteiger partial charge in [0.05, 0.1) is 36.9 Å². The highest BCUT2D eigenvalue weighted by Gasteiger charge is 2.36. The van der Waals surface area contributed by atoms with Crippen LogP contribution in [0.15, 0.2) is 24.5 Å². The van der Waals surface area contributed by atoms with Crippen molar-refractivity contribution >= 4 is 17.5 Å². The number of aromatic nitrogens is 1. The van der Waals surface area contributed by atoms with Gasteiger partial charge >= 0.3 is 0 Å². The summed E-state index contributed by atoms with van der Waals surface area (Å²) in [6, 6.07) is 3.99. The number of carbonyl (C=O) groups excluding carboxylic acids is 2. The first-order valence-corrected chi connectivity index (χ1v) is 10.2.